The number of hydrogen-bond donors (Lipinski definition) is 3. The highest BCUT2D eigenvalue weighted by Crippen LogP contribution is 2.23. The lowest BCUT2D eigenvalue weighted by Crippen LogP contribution is -2.50. The van der Waals surface area contributed by atoms with Crippen LogP contribution >= 0.6 is 0 Å². The first kappa shape index (κ1) is 34.5. The van der Waals surface area contributed by atoms with Crippen LogP contribution in [0.3, 0.4) is 0 Å². The molecule has 11 heteroatoms. The summed E-state index contributed by atoms with van der Waals surface area (Å²) in [4.78, 5) is 46.4. The number of anilines is 1. The van der Waals surface area contributed by atoms with Gasteiger partial charge in [-0.15, -0.1) is 0 Å². The predicted octanol–water partition coefficient (Wildman–Crippen LogP) is 4.59. The summed E-state index contributed by atoms with van der Waals surface area (Å²) in [5.41, 5.74) is 8.21. The molecular formula is C35H44FN5O5. The number of nitrogens with zero attached hydrogens (tertiary/aromatic N) is 2. The number of likely N-dealkylation sites (tertiary alicyclic amines) is 1. The second-order valence-corrected chi connectivity index (χ2v) is 12.0. The number of nitrogens with one attached hydrogen (secondary N) is 2. The minimum atomic E-state index is -0.615. The van der Waals surface area contributed by atoms with E-state index in [-0.39, 0.29) is 41.8 Å². The molecule has 0 spiro atoms. The van der Waals surface area contributed by atoms with Crippen LogP contribution in [-0.2, 0) is 16.0 Å². The number of aromatic nitrogens is 1. The number of amides is 3. The maximum Gasteiger partial charge on any atom is 0.272 e. The average molecular weight is 634 g/mol. The van der Waals surface area contributed by atoms with Crippen molar-refractivity contribution < 1.29 is 28.2 Å². The summed E-state index contributed by atoms with van der Waals surface area (Å²) in [5.74, 6) is -1.67. The second kappa shape index (κ2) is 16.3. The Kier molecular flexibility index (Phi) is 12.2. The zero-order valence-corrected chi connectivity index (χ0v) is 26.9. The Morgan fingerprint density at radius 1 is 1.04 bits per heavy atom. The SMILES string of the molecule is COc1cc(C(=O)N[C@@H](Cc2ccccc2)[C@@H](N)C[C@@H](C)C(=O)Nc2ccc(F)cc2)nc(C(=O)N2CCC[C@@H]2COC(C)C)c1. The third-order valence-corrected chi connectivity index (χ3v) is 8.06. The number of halogens is 1. The van der Waals surface area contributed by atoms with Crippen LogP contribution in [0.15, 0.2) is 66.7 Å². The predicted molar refractivity (Wildman–Crippen MR) is 174 cm³/mol. The van der Waals surface area contributed by atoms with Gasteiger partial charge in [0.2, 0.25) is 5.91 Å². The molecule has 246 valence electrons. The summed E-state index contributed by atoms with van der Waals surface area (Å²) < 4.78 is 24.5. The van der Waals surface area contributed by atoms with E-state index < -0.39 is 29.7 Å². The van der Waals surface area contributed by atoms with E-state index >= 15 is 0 Å². The third kappa shape index (κ3) is 9.58. The second-order valence-electron chi connectivity index (χ2n) is 12.0. The van der Waals surface area contributed by atoms with Gasteiger partial charge in [-0.3, -0.25) is 14.4 Å². The van der Waals surface area contributed by atoms with Crippen molar-refractivity contribution in [2.24, 2.45) is 11.7 Å². The molecule has 2 aromatic carbocycles. The van der Waals surface area contributed by atoms with Gasteiger partial charge in [0.05, 0.1) is 25.9 Å². The molecule has 1 aliphatic heterocycles. The van der Waals surface area contributed by atoms with Crippen molar-refractivity contribution in [3.8, 4) is 5.75 Å². The third-order valence-electron chi connectivity index (χ3n) is 8.06. The van der Waals surface area contributed by atoms with Crippen LogP contribution in [0.4, 0.5) is 10.1 Å². The average Bonchev–Trinajstić information content (AvgIpc) is 3.53. The first-order valence-electron chi connectivity index (χ1n) is 15.7. The smallest absolute Gasteiger partial charge is 0.272 e. The molecule has 1 aliphatic rings. The van der Waals surface area contributed by atoms with Crippen molar-refractivity contribution in [2.45, 2.75) is 70.7 Å². The molecule has 0 saturated carbocycles. The van der Waals surface area contributed by atoms with Crippen LogP contribution in [-0.4, -0.2) is 72.1 Å². The molecule has 3 amide bonds. The van der Waals surface area contributed by atoms with Crippen molar-refractivity contribution in [2.75, 3.05) is 25.6 Å². The van der Waals surface area contributed by atoms with Crippen molar-refractivity contribution >= 4 is 23.4 Å². The highest BCUT2D eigenvalue weighted by atomic mass is 19.1. The Morgan fingerprint density at radius 3 is 2.41 bits per heavy atom. The summed E-state index contributed by atoms with van der Waals surface area (Å²) in [6.45, 7) is 6.66. The van der Waals surface area contributed by atoms with Gasteiger partial charge in [0.25, 0.3) is 11.8 Å². The van der Waals surface area contributed by atoms with Gasteiger partial charge in [0.15, 0.2) is 0 Å². The van der Waals surface area contributed by atoms with Crippen LogP contribution < -0.4 is 21.1 Å². The first-order valence-corrected chi connectivity index (χ1v) is 15.7. The fourth-order valence-corrected chi connectivity index (χ4v) is 5.47. The summed E-state index contributed by atoms with van der Waals surface area (Å²) in [6, 6.07) is 16.9. The Hall–Kier alpha value is -4.35. The van der Waals surface area contributed by atoms with E-state index in [9.17, 15) is 18.8 Å². The van der Waals surface area contributed by atoms with Crippen LogP contribution in [0.25, 0.3) is 0 Å². The molecule has 3 aromatic rings. The van der Waals surface area contributed by atoms with E-state index in [1.807, 2.05) is 44.2 Å². The van der Waals surface area contributed by atoms with Gasteiger partial charge in [-0.1, -0.05) is 37.3 Å². The van der Waals surface area contributed by atoms with Gasteiger partial charge in [0.1, 0.15) is 23.0 Å². The van der Waals surface area contributed by atoms with Crippen molar-refractivity contribution in [3.05, 3.63) is 89.5 Å². The fraction of sp³-hybridized carbons (Fsp3) is 0.429. The number of rotatable bonds is 14. The maximum atomic E-state index is 13.7. The molecule has 0 aliphatic carbocycles. The molecule has 0 radical (unpaired) electrons. The Labute approximate surface area is 269 Å². The number of ether oxygens (including phenoxy) is 2. The van der Waals surface area contributed by atoms with Crippen LogP contribution in [0.2, 0.25) is 0 Å². The largest absolute Gasteiger partial charge is 0.497 e. The molecule has 0 bridgehead atoms. The molecule has 10 nitrogen and oxygen atoms in total. The van der Waals surface area contributed by atoms with Crippen molar-refractivity contribution in [3.63, 3.8) is 0 Å². The van der Waals surface area contributed by atoms with Gasteiger partial charge in [-0.25, -0.2) is 9.37 Å². The zero-order valence-electron chi connectivity index (χ0n) is 26.9. The van der Waals surface area contributed by atoms with E-state index in [4.69, 9.17) is 15.2 Å². The molecule has 46 heavy (non-hydrogen) atoms. The topological polar surface area (TPSA) is 136 Å². The fourth-order valence-electron chi connectivity index (χ4n) is 5.47. The highest BCUT2D eigenvalue weighted by Gasteiger charge is 2.32. The number of methoxy groups -OCH3 is 1. The molecule has 1 fully saturated rings. The van der Waals surface area contributed by atoms with Crippen LogP contribution in [0, 0.1) is 11.7 Å². The van der Waals surface area contributed by atoms with Crippen molar-refractivity contribution in [1.29, 1.82) is 0 Å². The monoisotopic (exact) mass is 633 g/mol. The van der Waals surface area contributed by atoms with Gasteiger partial charge >= 0.3 is 0 Å². The molecule has 2 heterocycles. The van der Waals surface area contributed by atoms with E-state index in [0.29, 0.717) is 31.0 Å². The van der Waals surface area contributed by atoms with E-state index in [0.717, 1.165) is 18.4 Å². The minimum absolute atomic E-state index is 0.0178. The number of carbonyl (C=O) groups is 3. The number of hydrogen-bond acceptors (Lipinski definition) is 7. The molecule has 4 N–H and O–H groups in total. The highest BCUT2D eigenvalue weighted by molar-refractivity contribution is 5.97. The van der Waals surface area contributed by atoms with E-state index in [1.54, 1.807) is 11.8 Å². The van der Waals surface area contributed by atoms with E-state index in [2.05, 4.69) is 15.6 Å². The van der Waals surface area contributed by atoms with Crippen molar-refractivity contribution in [1.82, 2.24) is 15.2 Å². The number of pyridine rings is 1. The van der Waals surface area contributed by atoms with Crippen LogP contribution in [0.5, 0.6) is 5.75 Å². The summed E-state index contributed by atoms with van der Waals surface area (Å²) in [5, 5.41) is 5.79. The zero-order chi connectivity index (χ0) is 33.2. The number of carbonyl (C=O) groups excluding carboxylic acids is 3. The quantitative estimate of drug-likeness (QED) is 0.236. The first-order chi connectivity index (χ1) is 22.0. The number of nitrogens with two attached hydrogens (primary N) is 1. The maximum absolute atomic E-state index is 13.7. The summed E-state index contributed by atoms with van der Waals surface area (Å²) in [6.07, 6.45) is 2.39. The molecular weight excluding hydrogens is 589 g/mol. The van der Waals surface area contributed by atoms with E-state index in [1.165, 1.54) is 43.5 Å². The standard InChI is InChI=1S/C35H44FN5O5/c1-22(2)46-21-27-11-8-16-41(27)35(44)32-20-28(45-4)19-31(39-32)34(43)40-30(18-24-9-6-5-7-10-24)29(37)17-23(3)33(42)38-26-14-12-25(36)13-15-26/h5-7,9-10,12-15,19-20,22-23,27,29-30H,8,11,16-18,21,37H2,1-4H3,(H,38,42)(H,40,43)/t23-,27-,29+,30+/m1/s1. The molecule has 4 rings (SSSR count). The molecule has 0 unspecified atom stereocenters. The lowest BCUT2D eigenvalue weighted by Gasteiger charge is -2.27. The molecule has 1 aromatic heterocycles. The Balaban J connectivity index is 1.51. The number of benzene rings is 2. The van der Waals surface area contributed by atoms with Crippen LogP contribution in [0.1, 0.15) is 66.6 Å². The Bertz CT molecular complexity index is 1470. The summed E-state index contributed by atoms with van der Waals surface area (Å²) >= 11 is 0. The lowest BCUT2D eigenvalue weighted by atomic mass is 9.92. The van der Waals surface area contributed by atoms with Gasteiger partial charge in [-0.05, 0) is 69.4 Å². The lowest BCUT2D eigenvalue weighted by molar-refractivity contribution is -0.119. The minimum Gasteiger partial charge on any atom is -0.497 e. The van der Waals surface area contributed by atoms with Gasteiger partial charge in [0, 0.05) is 42.4 Å². The molecule has 4 atom stereocenters. The summed E-state index contributed by atoms with van der Waals surface area (Å²) in [7, 11) is 1.47. The van der Waals surface area contributed by atoms with Gasteiger partial charge < -0.3 is 30.7 Å². The Morgan fingerprint density at radius 2 is 1.74 bits per heavy atom. The van der Waals surface area contributed by atoms with Gasteiger partial charge in [-0.2, -0.15) is 0 Å². The molecule has 1 saturated heterocycles. The normalized spacial score (nSPS) is 16.5.